The molecule has 2 N–H and O–H groups in total. The number of esters is 1. The lowest BCUT2D eigenvalue weighted by molar-refractivity contribution is -0.384. The predicted octanol–water partition coefficient (Wildman–Crippen LogP) is 1.69. The van der Waals surface area contributed by atoms with Crippen LogP contribution in [0.4, 0.5) is 5.69 Å². The summed E-state index contributed by atoms with van der Waals surface area (Å²) < 4.78 is 10.5. The van der Waals surface area contributed by atoms with Gasteiger partial charge in [-0.1, -0.05) is 12.1 Å². The van der Waals surface area contributed by atoms with Gasteiger partial charge in [0.15, 0.2) is 6.61 Å². The van der Waals surface area contributed by atoms with Gasteiger partial charge >= 0.3 is 5.97 Å². The summed E-state index contributed by atoms with van der Waals surface area (Å²) in [5.41, 5.74) is 1.14. The van der Waals surface area contributed by atoms with Crippen molar-refractivity contribution in [2.45, 2.75) is 39.7 Å². The van der Waals surface area contributed by atoms with Crippen LogP contribution in [0.5, 0.6) is 0 Å². The Morgan fingerprint density at radius 2 is 2.03 bits per heavy atom. The molecule has 0 aromatic heterocycles. The average Bonchev–Trinajstić information content (AvgIpc) is 2.64. The molecule has 0 bridgehead atoms. The predicted molar refractivity (Wildman–Crippen MR) is 104 cm³/mol. The van der Waals surface area contributed by atoms with Crippen molar-refractivity contribution in [3.63, 3.8) is 0 Å². The number of hydrogen-bond acceptors (Lipinski definition) is 7. The Morgan fingerprint density at radius 1 is 1.34 bits per heavy atom. The highest BCUT2D eigenvalue weighted by molar-refractivity contribution is 6.06. The zero-order chi connectivity index (χ0) is 21.7. The van der Waals surface area contributed by atoms with E-state index in [1.807, 2.05) is 0 Å². The maximum Gasteiger partial charge on any atom is 0.337 e. The summed E-state index contributed by atoms with van der Waals surface area (Å²) in [5.74, 6) is -2.31. The summed E-state index contributed by atoms with van der Waals surface area (Å²) in [6.07, 6.45) is -0.403. The number of hydrogen-bond donors (Lipinski definition) is 0. The standard InChI is InChI=1S/C20H24N2O7/c1-11(2)29-20(25)17-13(4)21-12(3)16(19(24)28-9-8-23)18(17)14-6-5-7-15(10-14)22(26)27/h5-7,10-11,18,23-24H,8-9H2,1-4H3. The van der Waals surface area contributed by atoms with Crippen molar-refractivity contribution in [2.75, 3.05) is 13.2 Å². The van der Waals surface area contributed by atoms with Gasteiger partial charge in [0.05, 0.1) is 29.2 Å². The second-order valence-electron chi connectivity index (χ2n) is 6.74. The molecule has 2 rings (SSSR count). The first-order chi connectivity index (χ1) is 13.7. The van der Waals surface area contributed by atoms with Crippen LogP contribution in [0.15, 0.2) is 52.0 Å². The summed E-state index contributed by atoms with van der Waals surface area (Å²) in [7, 11) is 0. The van der Waals surface area contributed by atoms with Crippen LogP contribution < -0.4 is 5.11 Å². The van der Waals surface area contributed by atoms with Crippen LogP contribution in [-0.2, 0) is 14.3 Å². The Hall–Kier alpha value is -3.20. The summed E-state index contributed by atoms with van der Waals surface area (Å²) >= 11 is 0. The molecule has 1 heterocycles. The molecule has 0 saturated carbocycles. The highest BCUT2D eigenvalue weighted by atomic mass is 16.6. The molecule has 9 heteroatoms. The van der Waals surface area contributed by atoms with Gasteiger partial charge in [0.1, 0.15) is 0 Å². The number of nitro benzene ring substituents is 1. The van der Waals surface area contributed by atoms with Crippen molar-refractivity contribution in [1.82, 2.24) is 0 Å². The number of carbonyl (C=O) groups excluding carboxylic acids is 1. The van der Waals surface area contributed by atoms with Crippen LogP contribution in [0.25, 0.3) is 0 Å². The smallest absolute Gasteiger partial charge is 0.337 e. The Morgan fingerprint density at radius 3 is 2.62 bits per heavy atom. The number of non-ortho nitro benzene ring substituents is 1. The van der Waals surface area contributed by atoms with Gasteiger partial charge in [-0.05, 0) is 33.3 Å². The Balaban J connectivity index is 2.72. The summed E-state index contributed by atoms with van der Waals surface area (Å²) in [4.78, 5) is 27.8. The topological polar surface area (TPSA) is 137 Å². The number of benzene rings is 1. The largest absolute Gasteiger partial charge is 0.605 e. The molecule has 0 amide bonds. The molecular formula is C20H24N2O7. The number of allylic oxidation sites excluding steroid dienone is 2. The molecule has 9 nitrogen and oxygen atoms in total. The molecule has 156 valence electrons. The van der Waals surface area contributed by atoms with E-state index in [0.717, 1.165) is 0 Å². The number of ether oxygens (including phenoxy) is 2. The maximum atomic E-state index is 12.8. The van der Waals surface area contributed by atoms with Crippen molar-refractivity contribution in [1.29, 1.82) is 0 Å². The molecule has 0 saturated heterocycles. The van der Waals surface area contributed by atoms with Crippen LogP contribution in [-0.4, -0.2) is 41.0 Å². The van der Waals surface area contributed by atoms with E-state index >= 15 is 0 Å². The van der Waals surface area contributed by atoms with Gasteiger partial charge in [0.2, 0.25) is 0 Å². The minimum absolute atomic E-state index is 0.0975. The van der Waals surface area contributed by atoms with Crippen LogP contribution >= 0.6 is 0 Å². The van der Waals surface area contributed by atoms with Gasteiger partial charge in [0.25, 0.3) is 5.69 Å². The first-order valence-electron chi connectivity index (χ1n) is 9.07. The monoisotopic (exact) mass is 404 g/mol. The van der Waals surface area contributed by atoms with E-state index in [-0.39, 0.29) is 30.0 Å². The Bertz CT molecular complexity index is 900. The zero-order valence-electron chi connectivity index (χ0n) is 16.7. The first-order valence-corrected chi connectivity index (χ1v) is 9.07. The molecule has 29 heavy (non-hydrogen) atoms. The normalized spacial score (nSPS) is 18.4. The lowest BCUT2D eigenvalue weighted by Gasteiger charge is -2.31. The van der Waals surface area contributed by atoms with Gasteiger partial charge in [-0.2, -0.15) is 0 Å². The summed E-state index contributed by atoms with van der Waals surface area (Å²) in [5, 5.41) is 31.2. The van der Waals surface area contributed by atoms with E-state index in [1.165, 1.54) is 18.2 Å². The molecule has 1 aliphatic rings. The number of aliphatic imine (C=N–C) groups is 1. The molecule has 1 aromatic carbocycles. The number of nitrogens with zero attached hydrogens (tertiary/aromatic N) is 2. The molecule has 1 atom stereocenters. The second kappa shape index (κ2) is 9.33. The Kier molecular flexibility index (Phi) is 7.11. The summed E-state index contributed by atoms with van der Waals surface area (Å²) in [6.45, 7) is 6.38. The molecule has 1 aromatic rings. The molecule has 0 radical (unpaired) electrons. The van der Waals surface area contributed by atoms with Crippen molar-refractivity contribution in [3.05, 3.63) is 62.7 Å². The van der Waals surface area contributed by atoms with Gasteiger partial charge in [-0.25, -0.2) is 4.79 Å². The fourth-order valence-corrected chi connectivity index (χ4v) is 3.12. The average molecular weight is 404 g/mol. The maximum absolute atomic E-state index is 12.8. The van der Waals surface area contributed by atoms with Crippen LogP contribution in [0, 0.1) is 10.1 Å². The van der Waals surface area contributed by atoms with Crippen LogP contribution in [0.1, 0.15) is 39.2 Å². The fourth-order valence-electron chi connectivity index (χ4n) is 3.12. The van der Waals surface area contributed by atoms with Crippen molar-refractivity contribution < 1.29 is 29.4 Å². The lowest BCUT2D eigenvalue weighted by Crippen LogP contribution is -2.29. The van der Waals surface area contributed by atoms with Gasteiger partial charge in [0, 0.05) is 35.0 Å². The third kappa shape index (κ3) is 5.00. The zero-order valence-corrected chi connectivity index (χ0v) is 16.7. The third-order valence-electron chi connectivity index (χ3n) is 4.22. The van der Waals surface area contributed by atoms with E-state index in [1.54, 1.807) is 33.8 Å². The van der Waals surface area contributed by atoms with Crippen LogP contribution in [0.2, 0.25) is 0 Å². The van der Waals surface area contributed by atoms with E-state index in [0.29, 0.717) is 17.0 Å². The molecule has 0 aliphatic carbocycles. The van der Waals surface area contributed by atoms with E-state index in [9.17, 15) is 20.0 Å². The van der Waals surface area contributed by atoms with E-state index in [4.69, 9.17) is 14.6 Å². The van der Waals surface area contributed by atoms with Crippen molar-refractivity contribution >= 4 is 17.4 Å². The van der Waals surface area contributed by atoms with Crippen LogP contribution in [0.3, 0.4) is 0 Å². The molecule has 1 unspecified atom stereocenters. The highest BCUT2D eigenvalue weighted by Crippen LogP contribution is 2.40. The lowest BCUT2D eigenvalue weighted by atomic mass is 9.80. The molecule has 1 aliphatic heterocycles. The molecule has 0 fully saturated rings. The summed E-state index contributed by atoms with van der Waals surface area (Å²) in [6, 6.07) is 5.73. The van der Waals surface area contributed by atoms with E-state index in [2.05, 4.69) is 4.99 Å². The minimum atomic E-state index is -0.933. The van der Waals surface area contributed by atoms with Crippen molar-refractivity contribution in [2.24, 2.45) is 4.99 Å². The Labute approximate surface area is 168 Å². The number of nitro groups is 1. The van der Waals surface area contributed by atoms with E-state index < -0.39 is 28.9 Å². The quantitative estimate of drug-likeness (QED) is 0.223. The fraction of sp³-hybridized carbons (Fsp3) is 0.400. The number of rotatable bonds is 7. The van der Waals surface area contributed by atoms with Gasteiger partial charge in [-0.15, -0.1) is 0 Å². The number of carbonyl (C=O) groups is 1. The van der Waals surface area contributed by atoms with Gasteiger partial charge < -0.3 is 19.7 Å². The SMILES string of the molecule is CC1=NC(C)=C(C(=O)OC(C)C)C(c2cccc([N+](=O)[O-])c2)C1=C([O-])OCC[OH2+]. The van der Waals surface area contributed by atoms with Gasteiger partial charge in [-0.3, -0.25) is 15.1 Å². The van der Waals surface area contributed by atoms with Crippen molar-refractivity contribution in [3.8, 4) is 0 Å². The highest BCUT2D eigenvalue weighted by Gasteiger charge is 2.35. The first kappa shape index (κ1) is 22.1. The minimum Gasteiger partial charge on any atom is -0.605 e. The molecule has 0 spiro atoms. The third-order valence-corrected chi connectivity index (χ3v) is 4.22. The molecular weight excluding hydrogens is 380 g/mol. The second-order valence-corrected chi connectivity index (χ2v) is 6.74.